The minimum atomic E-state index is -4.55. The number of hydrogen-bond acceptors (Lipinski definition) is 4. The molecule has 7 heteroatoms. The molecular weight excluding hydrogens is 285 g/mol. The van der Waals surface area contributed by atoms with Crippen molar-refractivity contribution in [1.82, 2.24) is 4.98 Å². The molecule has 1 aromatic heterocycles. The van der Waals surface area contributed by atoms with Gasteiger partial charge < -0.3 is 15.2 Å². The van der Waals surface area contributed by atoms with Crippen LogP contribution in [0.2, 0.25) is 0 Å². The Bertz CT molecular complexity index is 714. The molecule has 112 valence electrons. The number of nitrogen functional groups attached to an aromatic ring is 1. The van der Waals surface area contributed by atoms with Gasteiger partial charge in [-0.15, -0.1) is 0 Å². The van der Waals surface area contributed by atoms with Crippen LogP contribution in [0.1, 0.15) is 17.7 Å². The zero-order valence-electron chi connectivity index (χ0n) is 11.3. The lowest BCUT2D eigenvalue weighted by atomic mass is 10.1. The minimum Gasteiger partial charge on any atom is -0.490 e. The van der Waals surface area contributed by atoms with E-state index in [0.717, 1.165) is 0 Å². The Morgan fingerprint density at radius 2 is 1.76 bits per heavy atom. The normalized spacial score (nSPS) is 15.0. The molecule has 2 heterocycles. The van der Waals surface area contributed by atoms with Gasteiger partial charge in [0.05, 0.1) is 18.7 Å². The van der Waals surface area contributed by atoms with Crippen molar-refractivity contribution < 1.29 is 22.6 Å². The Kier molecular flexibility index (Phi) is 3.07. The third kappa shape index (κ3) is 2.32. The van der Waals surface area contributed by atoms with Crippen LogP contribution in [0, 0.1) is 6.92 Å². The molecule has 0 atom stereocenters. The predicted molar refractivity (Wildman–Crippen MR) is 71.5 cm³/mol. The van der Waals surface area contributed by atoms with Crippen LogP contribution in [0.15, 0.2) is 12.1 Å². The van der Waals surface area contributed by atoms with Crippen LogP contribution < -0.4 is 15.2 Å². The van der Waals surface area contributed by atoms with Crippen molar-refractivity contribution in [2.75, 3.05) is 18.9 Å². The van der Waals surface area contributed by atoms with Gasteiger partial charge in [-0.1, -0.05) is 0 Å². The number of anilines is 1. The summed E-state index contributed by atoms with van der Waals surface area (Å²) in [5.41, 5.74) is 5.01. The lowest BCUT2D eigenvalue weighted by Gasteiger charge is -2.15. The van der Waals surface area contributed by atoms with Gasteiger partial charge >= 0.3 is 6.18 Å². The second-order valence-electron chi connectivity index (χ2n) is 4.86. The lowest BCUT2D eigenvalue weighted by Crippen LogP contribution is -2.12. The van der Waals surface area contributed by atoms with Crippen molar-refractivity contribution in [3.05, 3.63) is 23.4 Å². The van der Waals surface area contributed by atoms with E-state index >= 15 is 0 Å². The van der Waals surface area contributed by atoms with Gasteiger partial charge in [0.15, 0.2) is 11.5 Å². The van der Waals surface area contributed by atoms with E-state index in [1.165, 1.54) is 13.0 Å². The van der Waals surface area contributed by atoms with Gasteiger partial charge in [-0.3, -0.25) is 0 Å². The van der Waals surface area contributed by atoms with Crippen LogP contribution in [0.4, 0.5) is 18.9 Å². The summed E-state index contributed by atoms with van der Waals surface area (Å²) in [6.07, 6.45) is -3.84. The number of ether oxygens (including phenoxy) is 2. The molecule has 0 saturated heterocycles. The summed E-state index contributed by atoms with van der Waals surface area (Å²) in [6, 6.07) is 3.03. The third-order valence-electron chi connectivity index (χ3n) is 3.42. The highest BCUT2D eigenvalue weighted by molar-refractivity contribution is 5.94. The zero-order chi connectivity index (χ0) is 15.2. The van der Waals surface area contributed by atoms with E-state index < -0.39 is 11.9 Å². The van der Waals surface area contributed by atoms with Crippen molar-refractivity contribution in [2.45, 2.75) is 19.5 Å². The van der Waals surface area contributed by atoms with Crippen molar-refractivity contribution in [3.63, 3.8) is 0 Å². The van der Waals surface area contributed by atoms with Crippen LogP contribution in [0.5, 0.6) is 11.5 Å². The van der Waals surface area contributed by atoms with E-state index in [2.05, 4.69) is 4.98 Å². The van der Waals surface area contributed by atoms with Gasteiger partial charge in [-0.2, -0.15) is 13.2 Å². The van der Waals surface area contributed by atoms with E-state index in [4.69, 9.17) is 15.2 Å². The number of nitrogens with two attached hydrogens (primary N) is 1. The summed E-state index contributed by atoms with van der Waals surface area (Å²) in [4.78, 5) is 3.71. The molecule has 0 saturated carbocycles. The van der Waals surface area contributed by atoms with Crippen molar-refractivity contribution in [1.29, 1.82) is 0 Å². The fraction of sp³-hybridized carbons (Fsp3) is 0.357. The predicted octanol–water partition coefficient (Wildman–Crippen LogP) is 3.31. The Hall–Kier alpha value is -2.18. The van der Waals surface area contributed by atoms with E-state index in [-0.39, 0.29) is 16.8 Å². The largest absolute Gasteiger partial charge is 0.490 e. The number of alkyl halides is 3. The monoisotopic (exact) mass is 298 g/mol. The standard InChI is InChI=1S/C14H13F3N2O2/c1-7-12(18)8-5-10-11(21-4-2-3-20-10)6-9(8)19-13(7)14(15,16)17/h5-6H,2-4H2,1H3,(H2,18,19). The number of aromatic nitrogens is 1. The zero-order valence-corrected chi connectivity index (χ0v) is 11.3. The van der Waals surface area contributed by atoms with Gasteiger partial charge in [-0.25, -0.2) is 4.98 Å². The molecule has 1 aliphatic rings. The number of hydrogen-bond donors (Lipinski definition) is 1. The summed E-state index contributed by atoms with van der Waals surface area (Å²) in [5.74, 6) is 0.872. The quantitative estimate of drug-likeness (QED) is 0.810. The molecular formula is C14H13F3N2O2. The summed E-state index contributed by atoms with van der Waals surface area (Å²) in [5, 5.41) is 0.435. The number of fused-ring (bicyclic) bond motifs is 2. The molecule has 0 spiro atoms. The van der Waals surface area contributed by atoms with Crippen molar-refractivity contribution in [3.8, 4) is 11.5 Å². The first-order valence-electron chi connectivity index (χ1n) is 6.44. The highest BCUT2D eigenvalue weighted by atomic mass is 19.4. The average molecular weight is 298 g/mol. The number of halogens is 3. The van der Waals surface area contributed by atoms with Gasteiger partial charge in [-0.05, 0) is 13.0 Å². The summed E-state index contributed by atoms with van der Waals surface area (Å²) in [7, 11) is 0. The summed E-state index contributed by atoms with van der Waals surface area (Å²) < 4.78 is 49.9. The van der Waals surface area contributed by atoms with Crippen LogP contribution >= 0.6 is 0 Å². The molecule has 0 bridgehead atoms. The molecule has 1 aromatic carbocycles. The first kappa shape index (κ1) is 13.8. The van der Waals surface area contributed by atoms with Gasteiger partial charge in [0, 0.05) is 29.1 Å². The number of nitrogens with zero attached hydrogens (tertiary/aromatic N) is 1. The highest BCUT2D eigenvalue weighted by Crippen LogP contribution is 2.40. The Morgan fingerprint density at radius 1 is 1.14 bits per heavy atom. The van der Waals surface area contributed by atoms with Gasteiger partial charge in [0.25, 0.3) is 0 Å². The first-order chi connectivity index (χ1) is 9.88. The SMILES string of the molecule is Cc1c(C(F)(F)F)nc2cc3c(cc2c1N)OCCCO3. The average Bonchev–Trinajstić information content (AvgIpc) is 2.64. The van der Waals surface area contributed by atoms with Gasteiger partial charge in [0.1, 0.15) is 5.69 Å². The molecule has 3 rings (SSSR count). The molecule has 0 aliphatic carbocycles. The lowest BCUT2D eigenvalue weighted by molar-refractivity contribution is -0.141. The summed E-state index contributed by atoms with van der Waals surface area (Å²) >= 11 is 0. The van der Waals surface area contributed by atoms with E-state index in [1.807, 2.05) is 0 Å². The Labute approximate surface area is 118 Å². The molecule has 2 N–H and O–H groups in total. The Morgan fingerprint density at radius 3 is 2.38 bits per heavy atom. The molecule has 0 amide bonds. The number of rotatable bonds is 0. The van der Waals surface area contributed by atoms with Gasteiger partial charge in [0.2, 0.25) is 0 Å². The molecule has 21 heavy (non-hydrogen) atoms. The fourth-order valence-corrected chi connectivity index (χ4v) is 2.32. The smallest absolute Gasteiger partial charge is 0.433 e. The molecule has 0 radical (unpaired) electrons. The minimum absolute atomic E-state index is 0.0583. The highest BCUT2D eigenvalue weighted by Gasteiger charge is 2.36. The van der Waals surface area contributed by atoms with Crippen LogP contribution in [-0.4, -0.2) is 18.2 Å². The van der Waals surface area contributed by atoms with Crippen molar-refractivity contribution >= 4 is 16.6 Å². The maximum Gasteiger partial charge on any atom is 0.433 e. The Balaban J connectivity index is 2.28. The molecule has 1 aliphatic heterocycles. The maximum atomic E-state index is 13.0. The van der Waals surface area contributed by atoms with Crippen LogP contribution in [0.3, 0.4) is 0 Å². The fourth-order valence-electron chi connectivity index (χ4n) is 2.32. The molecule has 0 fully saturated rings. The first-order valence-corrected chi connectivity index (χ1v) is 6.44. The molecule has 2 aromatic rings. The number of benzene rings is 1. The molecule has 0 unspecified atom stereocenters. The van der Waals surface area contributed by atoms with Crippen LogP contribution in [-0.2, 0) is 6.18 Å². The van der Waals surface area contributed by atoms with E-state index in [9.17, 15) is 13.2 Å². The third-order valence-corrected chi connectivity index (χ3v) is 3.42. The second-order valence-corrected chi connectivity index (χ2v) is 4.86. The number of pyridine rings is 1. The summed E-state index contributed by atoms with van der Waals surface area (Å²) in [6.45, 7) is 2.26. The van der Waals surface area contributed by atoms with E-state index in [1.54, 1.807) is 6.07 Å². The van der Waals surface area contributed by atoms with E-state index in [0.29, 0.717) is 36.5 Å². The molecule has 4 nitrogen and oxygen atoms in total. The van der Waals surface area contributed by atoms with Crippen LogP contribution in [0.25, 0.3) is 10.9 Å². The maximum absolute atomic E-state index is 13.0. The topological polar surface area (TPSA) is 57.4 Å². The van der Waals surface area contributed by atoms with Crippen molar-refractivity contribution in [2.24, 2.45) is 0 Å². The second kappa shape index (κ2) is 4.68.